The lowest BCUT2D eigenvalue weighted by Gasteiger charge is -2.34. The molecule has 1 nitrogen and oxygen atoms in total. The summed E-state index contributed by atoms with van der Waals surface area (Å²) < 4.78 is 14.1. The number of halogens is 1. The fourth-order valence-corrected chi connectivity index (χ4v) is 1.68. The van der Waals surface area contributed by atoms with Crippen LogP contribution in [0.25, 0.3) is 0 Å². The van der Waals surface area contributed by atoms with E-state index in [1.54, 1.807) is 0 Å². The van der Waals surface area contributed by atoms with Crippen molar-refractivity contribution in [1.82, 2.24) is 0 Å². The van der Waals surface area contributed by atoms with Crippen LogP contribution in [0.5, 0.6) is 0 Å². The quantitative estimate of drug-likeness (QED) is 0.683. The van der Waals surface area contributed by atoms with Crippen molar-refractivity contribution in [3.05, 3.63) is 0 Å². The summed E-state index contributed by atoms with van der Waals surface area (Å²) in [6, 6.07) is 0. The van der Waals surface area contributed by atoms with E-state index in [0.717, 1.165) is 12.8 Å². The van der Waals surface area contributed by atoms with Gasteiger partial charge in [-0.2, -0.15) is 0 Å². The average molecular weight is 175 g/mol. The highest BCUT2D eigenvalue weighted by molar-refractivity contribution is 4.88. The van der Waals surface area contributed by atoms with Crippen molar-refractivity contribution in [2.45, 2.75) is 46.2 Å². The molecule has 0 bridgehead atoms. The lowest BCUT2D eigenvalue weighted by Crippen LogP contribution is -2.44. The first-order valence-corrected chi connectivity index (χ1v) is 4.88. The minimum Gasteiger partial charge on any atom is -0.328 e. The van der Waals surface area contributed by atoms with Crippen LogP contribution in [0.2, 0.25) is 0 Å². The van der Waals surface area contributed by atoms with Crippen molar-refractivity contribution in [1.29, 1.82) is 0 Å². The Balaban J connectivity index is 4.29. The van der Waals surface area contributed by atoms with Gasteiger partial charge >= 0.3 is 0 Å². The van der Waals surface area contributed by atoms with Gasteiger partial charge in [-0.15, -0.1) is 0 Å². The van der Waals surface area contributed by atoms with Gasteiger partial charge < -0.3 is 5.73 Å². The van der Waals surface area contributed by atoms with Crippen molar-refractivity contribution >= 4 is 0 Å². The molecular weight excluding hydrogens is 153 g/mol. The van der Waals surface area contributed by atoms with Crippen LogP contribution < -0.4 is 5.73 Å². The van der Waals surface area contributed by atoms with Crippen LogP contribution in [0.15, 0.2) is 0 Å². The van der Waals surface area contributed by atoms with Crippen molar-refractivity contribution < 1.29 is 4.39 Å². The summed E-state index contributed by atoms with van der Waals surface area (Å²) >= 11 is 0. The van der Waals surface area contributed by atoms with Gasteiger partial charge in [-0.3, -0.25) is 0 Å². The zero-order chi connectivity index (χ0) is 9.78. The van der Waals surface area contributed by atoms with Crippen molar-refractivity contribution in [3.8, 4) is 0 Å². The third-order valence-corrected chi connectivity index (χ3v) is 2.81. The highest BCUT2D eigenvalue weighted by Crippen LogP contribution is 2.32. The lowest BCUT2D eigenvalue weighted by atomic mass is 9.79. The largest absolute Gasteiger partial charge is 0.328 e. The lowest BCUT2D eigenvalue weighted by molar-refractivity contribution is 0.0427. The van der Waals surface area contributed by atoms with Crippen LogP contribution in [-0.4, -0.2) is 12.2 Å². The zero-order valence-corrected chi connectivity index (χ0v) is 8.73. The van der Waals surface area contributed by atoms with E-state index in [1.807, 2.05) is 20.8 Å². The standard InChI is InChI=1S/C10H22FN/c1-5-6-9(4)10(11,7-12)8(2)3/h8-9H,5-7,12H2,1-4H3. The molecule has 2 heteroatoms. The molecule has 0 aliphatic rings. The Morgan fingerprint density at radius 3 is 2.08 bits per heavy atom. The molecule has 0 aromatic carbocycles. The fourth-order valence-electron chi connectivity index (χ4n) is 1.68. The van der Waals surface area contributed by atoms with Gasteiger partial charge in [-0.25, -0.2) is 4.39 Å². The first kappa shape index (κ1) is 11.9. The number of hydrogen-bond acceptors (Lipinski definition) is 1. The van der Waals surface area contributed by atoms with E-state index in [4.69, 9.17) is 5.73 Å². The molecule has 0 spiro atoms. The molecule has 0 rings (SSSR count). The van der Waals surface area contributed by atoms with Gasteiger partial charge in [0, 0.05) is 6.54 Å². The van der Waals surface area contributed by atoms with Crippen LogP contribution in [0.1, 0.15) is 40.5 Å². The molecule has 2 unspecified atom stereocenters. The van der Waals surface area contributed by atoms with Crippen molar-refractivity contribution in [2.24, 2.45) is 17.6 Å². The molecule has 0 heterocycles. The molecule has 0 aromatic heterocycles. The van der Waals surface area contributed by atoms with E-state index in [9.17, 15) is 4.39 Å². The van der Waals surface area contributed by atoms with E-state index >= 15 is 0 Å². The normalized spacial score (nSPS) is 19.2. The SMILES string of the molecule is CCCC(C)C(F)(CN)C(C)C. The Bertz CT molecular complexity index is 125. The molecule has 0 radical (unpaired) electrons. The predicted molar refractivity (Wildman–Crippen MR) is 51.8 cm³/mol. The highest BCUT2D eigenvalue weighted by atomic mass is 19.1. The van der Waals surface area contributed by atoms with E-state index in [-0.39, 0.29) is 18.4 Å². The zero-order valence-electron chi connectivity index (χ0n) is 8.73. The molecule has 74 valence electrons. The van der Waals surface area contributed by atoms with Crippen molar-refractivity contribution in [3.63, 3.8) is 0 Å². The van der Waals surface area contributed by atoms with Gasteiger partial charge in [0.15, 0.2) is 0 Å². The Labute approximate surface area is 75.5 Å². The highest BCUT2D eigenvalue weighted by Gasteiger charge is 2.37. The predicted octanol–water partition coefficient (Wildman–Crippen LogP) is 2.75. The van der Waals surface area contributed by atoms with Gasteiger partial charge in [0.25, 0.3) is 0 Å². The molecule has 0 aliphatic carbocycles. The van der Waals surface area contributed by atoms with Crippen molar-refractivity contribution in [2.75, 3.05) is 6.54 Å². The van der Waals surface area contributed by atoms with Crippen LogP contribution >= 0.6 is 0 Å². The Morgan fingerprint density at radius 2 is 1.83 bits per heavy atom. The minimum atomic E-state index is -1.17. The fraction of sp³-hybridized carbons (Fsp3) is 1.00. The summed E-state index contributed by atoms with van der Waals surface area (Å²) in [5, 5.41) is 0. The van der Waals surface area contributed by atoms with E-state index in [0.29, 0.717) is 0 Å². The van der Waals surface area contributed by atoms with E-state index in [1.165, 1.54) is 0 Å². The Kier molecular flexibility index (Phi) is 4.76. The van der Waals surface area contributed by atoms with Gasteiger partial charge in [0.2, 0.25) is 0 Å². The number of alkyl halides is 1. The Hall–Kier alpha value is -0.110. The molecule has 0 amide bonds. The summed E-state index contributed by atoms with van der Waals surface area (Å²) in [5.74, 6) is 0.0940. The topological polar surface area (TPSA) is 26.0 Å². The molecule has 0 aliphatic heterocycles. The summed E-state index contributed by atoms with van der Waals surface area (Å²) in [6.07, 6.45) is 1.95. The van der Waals surface area contributed by atoms with Crippen LogP contribution in [0.3, 0.4) is 0 Å². The maximum Gasteiger partial charge on any atom is 0.128 e. The summed E-state index contributed by atoms with van der Waals surface area (Å²) in [6.45, 7) is 7.98. The molecule has 0 saturated heterocycles. The summed E-state index contributed by atoms with van der Waals surface area (Å²) in [7, 11) is 0. The third-order valence-electron chi connectivity index (χ3n) is 2.81. The summed E-state index contributed by atoms with van der Waals surface area (Å²) in [4.78, 5) is 0. The second-order valence-corrected chi connectivity index (χ2v) is 3.98. The van der Waals surface area contributed by atoms with E-state index < -0.39 is 5.67 Å². The Morgan fingerprint density at radius 1 is 1.33 bits per heavy atom. The molecule has 2 N–H and O–H groups in total. The number of hydrogen-bond donors (Lipinski definition) is 1. The minimum absolute atomic E-state index is 0.0176. The summed E-state index contributed by atoms with van der Waals surface area (Å²) in [5.41, 5.74) is 4.29. The third kappa shape index (κ3) is 2.44. The first-order chi connectivity index (χ1) is 5.49. The number of rotatable bonds is 5. The second kappa shape index (κ2) is 4.80. The maximum atomic E-state index is 14.1. The maximum absolute atomic E-state index is 14.1. The van der Waals surface area contributed by atoms with Gasteiger partial charge in [-0.1, -0.05) is 34.1 Å². The molecule has 2 atom stereocenters. The van der Waals surface area contributed by atoms with Gasteiger partial charge in [-0.05, 0) is 18.3 Å². The molecular formula is C10H22FN. The molecule has 12 heavy (non-hydrogen) atoms. The van der Waals surface area contributed by atoms with Crippen LogP contribution in [-0.2, 0) is 0 Å². The van der Waals surface area contributed by atoms with Gasteiger partial charge in [0.1, 0.15) is 5.67 Å². The molecule has 0 fully saturated rings. The van der Waals surface area contributed by atoms with Crippen LogP contribution in [0, 0.1) is 11.8 Å². The monoisotopic (exact) mass is 175 g/mol. The molecule has 0 saturated carbocycles. The first-order valence-electron chi connectivity index (χ1n) is 4.88. The molecule has 0 aromatic rings. The smallest absolute Gasteiger partial charge is 0.128 e. The second-order valence-electron chi connectivity index (χ2n) is 3.98. The van der Waals surface area contributed by atoms with Crippen LogP contribution in [0.4, 0.5) is 4.39 Å². The number of nitrogens with two attached hydrogens (primary N) is 1. The van der Waals surface area contributed by atoms with E-state index in [2.05, 4.69) is 6.92 Å². The van der Waals surface area contributed by atoms with Gasteiger partial charge in [0.05, 0.1) is 0 Å². The average Bonchev–Trinajstić information content (AvgIpc) is 2.03.